The lowest BCUT2D eigenvalue weighted by Gasteiger charge is -2.08. The SMILES string of the molecule is Nc1ccc(CNCCCC(F)(F)F)cc1Cl. The summed E-state index contributed by atoms with van der Waals surface area (Å²) in [6, 6.07) is 5.17. The number of hydrogen-bond donors (Lipinski definition) is 2. The number of alkyl halides is 3. The maximum atomic E-state index is 11.8. The Morgan fingerprint density at radius 1 is 1.29 bits per heavy atom. The minimum atomic E-state index is -4.08. The van der Waals surface area contributed by atoms with Crippen molar-refractivity contribution in [1.82, 2.24) is 5.32 Å². The fourth-order valence-electron chi connectivity index (χ4n) is 1.33. The highest BCUT2D eigenvalue weighted by atomic mass is 35.5. The van der Waals surface area contributed by atoms with E-state index in [1.54, 1.807) is 18.2 Å². The molecule has 96 valence electrons. The third kappa shape index (κ3) is 5.79. The zero-order valence-electron chi connectivity index (χ0n) is 9.15. The van der Waals surface area contributed by atoms with Gasteiger partial charge in [-0.05, 0) is 30.7 Å². The van der Waals surface area contributed by atoms with Gasteiger partial charge in [0.15, 0.2) is 0 Å². The van der Waals surface area contributed by atoms with Crippen LogP contribution in [-0.2, 0) is 6.54 Å². The molecule has 0 bridgehead atoms. The van der Waals surface area contributed by atoms with Gasteiger partial charge in [-0.25, -0.2) is 0 Å². The first kappa shape index (κ1) is 14.1. The summed E-state index contributed by atoms with van der Waals surface area (Å²) in [4.78, 5) is 0. The Morgan fingerprint density at radius 2 is 2.00 bits per heavy atom. The first-order chi connectivity index (χ1) is 7.88. The molecule has 1 aromatic carbocycles. The fourth-order valence-corrected chi connectivity index (χ4v) is 1.53. The highest BCUT2D eigenvalue weighted by Crippen LogP contribution is 2.21. The van der Waals surface area contributed by atoms with Crippen molar-refractivity contribution in [3.63, 3.8) is 0 Å². The molecular weight excluding hydrogens is 253 g/mol. The van der Waals surface area contributed by atoms with E-state index in [2.05, 4.69) is 5.32 Å². The van der Waals surface area contributed by atoms with Crippen LogP contribution in [0.5, 0.6) is 0 Å². The molecule has 1 aromatic rings. The lowest BCUT2D eigenvalue weighted by molar-refractivity contribution is -0.135. The molecule has 1 rings (SSSR count). The molecule has 0 aliphatic heterocycles. The van der Waals surface area contributed by atoms with Gasteiger partial charge in [-0.3, -0.25) is 0 Å². The normalized spacial score (nSPS) is 11.8. The summed E-state index contributed by atoms with van der Waals surface area (Å²) in [5, 5.41) is 3.38. The van der Waals surface area contributed by atoms with Crippen molar-refractivity contribution >= 4 is 17.3 Å². The molecule has 0 aliphatic carbocycles. The maximum Gasteiger partial charge on any atom is 0.389 e. The molecule has 17 heavy (non-hydrogen) atoms. The highest BCUT2D eigenvalue weighted by molar-refractivity contribution is 6.33. The van der Waals surface area contributed by atoms with E-state index in [0.29, 0.717) is 23.8 Å². The zero-order valence-corrected chi connectivity index (χ0v) is 9.91. The van der Waals surface area contributed by atoms with Crippen molar-refractivity contribution < 1.29 is 13.2 Å². The van der Waals surface area contributed by atoms with Crippen LogP contribution in [0.3, 0.4) is 0 Å². The zero-order chi connectivity index (χ0) is 12.9. The van der Waals surface area contributed by atoms with Gasteiger partial charge in [0, 0.05) is 13.0 Å². The average Bonchev–Trinajstić information content (AvgIpc) is 2.21. The van der Waals surface area contributed by atoms with Crippen molar-refractivity contribution in [1.29, 1.82) is 0 Å². The van der Waals surface area contributed by atoms with E-state index in [0.717, 1.165) is 5.56 Å². The van der Waals surface area contributed by atoms with Gasteiger partial charge in [0.05, 0.1) is 10.7 Å². The third-order valence-corrected chi connectivity index (χ3v) is 2.54. The van der Waals surface area contributed by atoms with Crippen LogP contribution in [0, 0.1) is 0 Å². The molecule has 0 radical (unpaired) electrons. The molecular formula is C11H14ClF3N2. The second-order valence-electron chi connectivity index (χ2n) is 3.75. The van der Waals surface area contributed by atoms with Gasteiger partial charge in [-0.2, -0.15) is 13.2 Å². The van der Waals surface area contributed by atoms with Crippen LogP contribution in [0.25, 0.3) is 0 Å². The molecule has 0 unspecified atom stereocenters. The van der Waals surface area contributed by atoms with Crippen molar-refractivity contribution in [3.8, 4) is 0 Å². The predicted octanol–water partition coefficient (Wildman–Crippen LogP) is 3.35. The van der Waals surface area contributed by atoms with Gasteiger partial charge in [0.25, 0.3) is 0 Å². The van der Waals surface area contributed by atoms with E-state index in [4.69, 9.17) is 17.3 Å². The van der Waals surface area contributed by atoms with Crippen LogP contribution in [-0.4, -0.2) is 12.7 Å². The lowest BCUT2D eigenvalue weighted by atomic mass is 10.2. The first-order valence-electron chi connectivity index (χ1n) is 5.20. The standard InChI is InChI=1S/C11H14ClF3N2/c12-9-6-8(2-3-10(9)16)7-17-5-1-4-11(13,14)15/h2-3,6,17H,1,4-5,7,16H2. The van der Waals surface area contributed by atoms with Gasteiger partial charge >= 0.3 is 6.18 Å². The topological polar surface area (TPSA) is 38.0 Å². The van der Waals surface area contributed by atoms with Crippen molar-refractivity contribution in [2.45, 2.75) is 25.6 Å². The lowest BCUT2D eigenvalue weighted by Crippen LogP contribution is -2.17. The summed E-state index contributed by atoms with van der Waals surface area (Å²) >= 11 is 5.81. The number of anilines is 1. The van der Waals surface area contributed by atoms with E-state index >= 15 is 0 Å². The van der Waals surface area contributed by atoms with Crippen LogP contribution in [0.1, 0.15) is 18.4 Å². The van der Waals surface area contributed by atoms with Crippen molar-refractivity contribution in [2.75, 3.05) is 12.3 Å². The molecule has 3 N–H and O–H groups in total. The Labute approximate surface area is 103 Å². The van der Waals surface area contributed by atoms with E-state index in [1.165, 1.54) is 0 Å². The number of nitrogen functional groups attached to an aromatic ring is 1. The molecule has 6 heteroatoms. The number of hydrogen-bond acceptors (Lipinski definition) is 2. The smallest absolute Gasteiger partial charge is 0.389 e. The predicted molar refractivity (Wildman–Crippen MR) is 62.9 cm³/mol. The van der Waals surface area contributed by atoms with Crippen LogP contribution < -0.4 is 11.1 Å². The summed E-state index contributed by atoms with van der Waals surface area (Å²) in [5.41, 5.74) is 6.93. The molecule has 2 nitrogen and oxygen atoms in total. The average molecular weight is 267 g/mol. The summed E-state index contributed by atoms with van der Waals surface area (Å²) in [6.07, 6.45) is -4.76. The molecule has 0 saturated heterocycles. The third-order valence-electron chi connectivity index (χ3n) is 2.21. The van der Waals surface area contributed by atoms with Gasteiger partial charge in [0.1, 0.15) is 0 Å². The Bertz CT molecular complexity index is 366. The monoisotopic (exact) mass is 266 g/mol. The largest absolute Gasteiger partial charge is 0.398 e. The van der Waals surface area contributed by atoms with Gasteiger partial charge < -0.3 is 11.1 Å². The minimum Gasteiger partial charge on any atom is -0.398 e. The van der Waals surface area contributed by atoms with E-state index < -0.39 is 12.6 Å². The Balaban J connectivity index is 2.25. The molecule has 0 saturated carbocycles. The first-order valence-corrected chi connectivity index (χ1v) is 5.57. The number of nitrogens with two attached hydrogens (primary N) is 1. The summed E-state index contributed by atoms with van der Waals surface area (Å²) < 4.78 is 35.5. The molecule has 0 aromatic heterocycles. The molecule has 0 atom stereocenters. The minimum absolute atomic E-state index is 0.0756. The second kappa shape index (κ2) is 6.12. The van der Waals surface area contributed by atoms with Gasteiger partial charge in [-0.1, -0.05) is 17.7 Å². The molecule has 0 aliphatic rings. The second-order valence-corrected chi connectivity index (χ2v) is 4.16. The van der Waals surface area contributed by atoms with Crippen LogP contribution >= 0.6 is 11.6 Å². The summed E-state index contributed by atoms with van der Waals surface area (Å²) in [6.45, 7) is 0.805. The van der Waals surface area contributed by atoms with E-state index in [-0.39, 0.29) is 6.42 Å². The number of nitrogens with one attached hydrogen (secondary N) is 1. The quantitative estimate of drug-likeness (QED) is 0.634. The van der Waals surface area contributed by atoms with Crippen LogP contribution in [0.2, 0.25) is 5.02 Å². The molecule has 0 fully saturated rings. The van der Waals surface area contributed by atoms with Gasteiger partial charge in [-0.15, -0.1) is 0 Å². The van der Waals surface area contributed by atoms with E-state index in [1.807, 2.05) is 0 Å². The number of benzene rings is 1. The molecule has 0 heterocycles. The maximum absolute atomic E-state index is 11.8. The van der Waals surface area contributed by atoms with Crippen LogP contribution in [0.15, 0.2) is 18.2 Å². The van der Waals surface area contributed by atoms with Crippen molar-refractivity contribution in [2.24, 2.45) is 0 Å². The molecule has 0 spiro atoms. The Kier molecular flexibility index (Phi) is 5.08. The Hall–Kier alpha value is -0.940. The summed E-state index contributed by atoms with van der Waals surface area (Å²) in [7, 11) is 0. The highest BCUT2D eigenvalue weighted by Gasteiger charge is 2.25. The fraction of sp³-hybridized carbons (Fsp3) is 0.455. The van der Waals surface area contributed by atoms with Crippen molar-refractivity contribution in [3.05, 3.63) is 28.8 Å². The number of halogens is 4. The number of rotatable bonds is 5. The van der Waals surface area contributed by atoms with E-state index in [9.17, 15) is 13.2 Å². The Morgan fingerprint density at radius 3 is 2.59 bits per heavy atom. The van der Waals surface area contributed by atoms with Crippen LogP contribution in [0.4, 0.5) is 18.9 Å². The molecule has 0 amide bonds. The van der Waals surface area contributed by atoms with Gasteiger partial charge in [0.2, 0.25) is 0 Å². The summed E-state index contributed by atoms with van der Waals surface area (Å²) in [5.74, 6) is 0.